The molecule has 0 aliphatic rings. The maximum Gasteiger partial charge on any atom is 1.00 e. The molecule has 0 radical (unpaired) electrons. The second-order valence-electron chi connectivity index (χ2n) is 2.13. The molecule has 0 spiro atoms. The molecule has 1 aromatic rings. The predicted octanol–water partition coefficient (Wildman–Crippen LogP) is -2.19. The van der Waals surface area contributed by atoms with Gasteiger partial charge in [-0.25, -0.2) is 4.57 Å². The first kappa shape index (κ1) is 13.3. The van der Waals surface area contributed by atoms with Gasteiger partial charge in [-0.2, -0.15) is 0 Å². The molecule has 0 aromatic carbocycles. The second kappa shape index (κ2) is 5.88. The molecule has 0 amide bonds. The normalized spacial score (nSPS) is 10.6. The summed E-state index contributed by atoms with van der Waals surface area (Å²) in [4.78, 5) is 20.4. The second-order valence-corrected chi connectivity index (χ2v) is 3.36. The Morgan fingerprint density at radius 1 is 1.62 bits per heavy atom. The Morgan fingerprint density at radius 3 is 2.77 bits per heavy atom. The van der Waals surface area contributed by atoms with Crippen molar-refractivity contribution in [2.45, 2.75) is 6.61 Å². The van der Waals surface area contributed by atoms with Crippen molar-refractivity contribution in [2.75, 3.05) is 0 Å². The van der Waals surface area contributed by atoms with Gasteiger partial charge in [0.05, 0.1) is 6.61 Å². The van der Waals surface area contributed by atoms with E-state index in [1.54, 1.807) is 18.3 Å². The zero-order valence-corrected chi connectivity index (χ0v) is 10.0. The van der Waals surface area contributed by atoms with Gasteiger partial charge in [-0.15, -0.1) is 0 Å². The number of phosphoric ester groups is 1. The maximum absolute atomic E-state index is 10.3. The van der Waals surface area contributed by atoms with Crippen LogP contribution in [0.5, 0.6) is 0 Å². The Morgan fingerprint density at radius 2 is 2.31 bits per heavy atom. The van der Waals surface area contributed by atoms with Crippen LogP contribution in [-0.4, -0.2) is 14.8 Å². The molecule has 0 aliphatic heterocycles. The molecule has 0 saturated carbocycles. The maximum atomic E-state index is 10.3. The smallest absolute Gasteiger partial charge is 1.00 e. The molecule has 2 N–H and O–H groups in total. The first-order valence-electron chi connectivity index (χ1n) is 3.17. The van der Waals surface area contributed by atoms with Crippen molar-refractivity contribution in [3.63, 3.8) is 0 Å². The molecular formula is C6H9NNaO4P. The van der Waals surface area contributed by atoms with Crippen molar-refractivity contribution in [1.82, 2.24) is 4.98 Å². The van der Waals surface area contributed by atoms with Crippen molar-refractivity contribution < 1.29 is 49.9 Å². The minimum atomic E-state index is -4.36. The number of hydrogen-bond acceptors (Lipinski definition) is 3. The van der Waals surface area contributed by atoms with E-state index >= 15 is 0 Å². The third kappa shape index (κ3) is 6.35. The molecule has 5 nitrogen and oxygen atoms in total. The van der Waals surface area contributed by atoms with Crippen LogP contribution < -0.4 is 29.6 Å². The number of rotatable bonds is 3. The molecule has 1 aromatic heterocycles. The Labute approximate surface area is 99.2 Å². The zero-order valence-electron chi connectivity index (χ0n) is 8.12. The minimum absolute atomic E-state index is 0. The van der Waals surface area contributed by atoms with E-state index in [9.17, 15) is 4.57 Å². The summed E-state index contributed by atoms with van der Waals surface area (Å²) in [7, 11) is -4.36. The molecule has 7 heteroatoms. The third-order valence-electron chi connectivity index (χ3n) is 1.12. The SMILES string of the molecule is O=P(O)(O)OCc1cccnc1.[H-].[Na+]. The van der Waals surface area contributed by atoms with Crippen LogP contribution in [0.2, 0.25) is 0 Å². The Balaban J connectivity index is 0. The number of pyridine rings is 1. The number of phosphoric acid groups is 1. The van der Waals surface area contributed by atoms with E-state index in [4.69, 9.17) is 9.79 Å². The van der Waals surface area contributed by atoms with Crippen LogP contribution in [0, 0.1) is 0 Å². The molecule has 0 fully saturated rings. The summed E-state index contributed by atoms with van der Waals surface area (Å²) < 4.78 is 14.5. The van der Waals surface area contributed by atoms with Crippen LogP contribution in [0.1, 0.15) is 6.99 Å². The standard InChI is InChI=1S/C6H8NO4P.Na.H/c8-12(9,10)11-5-6-2-1-3-7-4-6;;/h1-4H,5H2,(H2,8,9,10);;/q;+1;-1. The van der Waals surface area contributed by atoms with Crippen molar-refractivity contribution in [3.8, 4) is 0 Å². The Kier molecular flexibility index (Phi) is 6.00. The zero-order chi connectivity index (χ0) is 9.03. The molecule has 1 rings (SSSR count). The van der Waals surface area contributed by atoms with Crippen LogP contribution in [0.4, 0.5) is 0 Å². The fourth-order valence-corrected chi connectivity index (χ4v) is 0.959. The van der Waals surface area contributed by atoms with Crippen LogP contribution in [0.3, 0.4) is 0 Å². The molecule has 1 heterocycles. The van der Waals surface area contributed by atoms with Crippen molar-refractivity contribution >= 4 is 7.82 Å². The average Bonchev–Trinajstić information content (AvgIpc) is 2.02. The largest absolute Gasteiger partial charge is 1.00 e. The van der Waals surface area contributed by atoms with Gasteiger partial charge < -0.3 is 11.2 Å². The van der Waals surface area contributed by atoms with Gasteiger partial charge in [-0.3, -0.25) is 9.51 Å². The van der Waals surface area contributed by atoms with Crippen molar-refractivity contribution in [2.24, 2.45) is 0 Å². The average molecular weight is 213 g/mol. The quantitative estimate of drug-likeness (QED) is 0.440. The van der Waals surface area contributed by atoms with E-state index in [0.717, 1.165) is 0 Å². The summed E-state index contributed by atoms with van der Waals surface area (Å²) >= 11 is 0. The summed E-state index contributed by atoms with van der Waals surface area (Å²) in [6, 6.07) is 3.33. The number of hydrogen-bond donors (Lipinski definition) is 2. The third-order valence-corrected chi connectivity index (χ3v) is 1.59. The molecule has 0 aliphatic carbocycles. The first-order chi connectivity index (χ1) is 5.58. The fraction of sp³-hybridized carbons (Fsp3) is 0.167. The minimum Gasteiger partial charge on any atom is -1.00 e. The van der Waals surface area contributed by atoms with Gasteiger partial charge in [0.1, 0.15) is 0 Å². The molecule has 0 atom stereocenters. The Bertz CT molecular complexity index is 293. The molecule has 68 valence electrons. The molecule has 0 bridgehead atoms. The predicted molar refractivity (Wildman–Crippen MR) is 42.2 cm³/mol. The van der Waals surface area contributed by atoms with Crippen molar-refractivity contribution in [3.05, 3.63) is 30.1 Å². The van der Waals surface area contributed by atoms with Gasteiger partial charge >= 0.3 is 37.4 Å². The first-order valence-corrected chi connectivity index (χ1v) is 4.70. The van der Waals surface area contributed by atoms with Crippen LogP contribution >= 0.6 is 7.82 Å². The number of aromatic nitrogens is 1. The van der Waals surface area contributed by atoms with Crippen LogP contribution in [0.15, 0.2) is 24.5 Å². The topological polar surface area (TPSA) is 79.7 Å². The van der Waals surface area contributed by atoms with Gasteiger partial charge in [0.15, 0.2) is 0 Å². The number of nitrogens with zero attached hydrogens (tertiary/aromatic N) is 1. The van der Waals surface area contributed by atoms with Gasteiger partial charge in [0, 0.05) is 12.4 Å². The molecule has 0 unspecified atom stereocenters. The summed E-state index contributed by atoms with van der Waals surface area (Å²) in [6.07, 6.45) is 3.05. The fourth-order valence-electron chi connectivity index (χ4n) is 0.642. The molecule has 0 saturated heterocycles. The van der Waals surface area contributed by atoms with Gasteiger partial charge in [0.2, 0.25) is 0 Å². The van der Waals surface area contributed by atoms with Crippen LogP contribution in [-0.2, 0) is 15.7 Å². The van der Waals surface area contributed by atoms with E-state index < -0.39 is 7.82 Å². The molecule has 13 heavy (non-hydrogen) atoms. The summed E-state index contributed by atoms with van der Waals surface area (Å²) in [5.41, 5.74) is 0.626. The van der Waals surface area contributed by atoms with Crippen molar-refractivity contribution in [1.29, 1.82) is 0 Å². The van der Waals surface area contributed by atoms with E-state index in [0.29, 0.717) is 5.56 Å². The van der Waals surface area contributed by atoms with Gasteiger partial charge in [0.25, 0.3) is 0 Å². The Hall–Kier alpha value is 0.260. The monoisotopic (exact) mass is 213 g/mol. The summed E-state index contributed by atoms with van der Waals surface area (Å²) in [5.74, 6) is 0. The van der Waals surface area contributed by atoms with E-state index in [-0.39, 0.29) is 37.6 Å². The molecular weight excluding hydrogens is 204 g/mol. The summed E-state index contributed by atoms with van der Waals surface area (Å²) in [5, 5.41) is 0. The van der Waals surface area contributed by atoms with E-state index in [1.807, 2.05) is 0 Å². The summed E-state index contributed by atoms with van der Waals surface area (Å²) in [6.45, 7) is -0.127. The van der Waals surface area contributed by atoms with E-state index in [2.05, 4.69) is 9.51 Å². The van der Waals surface area contributed by atoms with Gasteiger partial charge in [-0.05, 0) is 11.6 Å². The van der Waals surface area contributed by atoms with Crippen LogP contribution in [0.25, 0.3) is 0 Å². The van der Waals surface area contributed by atoms with E-state index in [1.165, 1.54) is 6.20 Å². The van der Waals surface area contributed by atoms with Gasteiger partial charge in [-0.1, -0.05) is 6.07 Å².